The molecule has 5 nitrogen and oxygen atoms in total. The predicted molar refractivity (Wildman–Crippen MR) is 86.5 cm³/mol. The van der Waals surface area contributed by atoms with E-state index in [9.17, 15) is 14.7 Å². The van der Waals surface area contributed by atoms with Crippen molar-refractivity contribution in [2.75, 3.05) is 6.54 Å². The second-order valence-electron chi connectivity index (χ2n) is 5.26. The van der Waals surface area contributed by atoms with Crippen LogP contribution in [0.3, 0.4) is 0 Å². The average molecular weight is 336 g/mol. The number of thiazole rings is 1. The highest BCUT2D eigenvalue weighted by Gasteiger charge is 2.34. The van der Waals surface area contributed by atoms with Crippen molar-refractivity contribution in [3.05, 3.63) is 28.1 Å². The molecule has 0 spiro atoms. The molecule has 7 heteroatoms. The maximum absolute atomic E-state index is 12.8. The largest absolute Gasteiger partial charge is 0.480 e. The van der Waals surface area contributed by atoms with E-state index in [1.807, 2.05) is 17.5 Å². The highest BCUT2D eigenvalue weighted by molar-refractivity contribution is 7.22. The van der Waals surface area contributed by atoms with Crippen LogP contribution in [0, 0.1) is 6.92 Å². The second-order valence-corrected chi connectivity index (χ2v) is 7.21. The summed E-state index contributed by atoms with van der Waals surface area (Å²) in [6, 6.07) is 3.20. The fourth-order valence-electron chi connectivity index (χ4n) is 2.66. The number of thiophene rings is 1. The van der Waals surface area contributed by atoms with Crippen molar-refractivity contribution in [2.24, 2.45) is 0 Å². The fraction of sp³-hybridized carbons (Fsp3) is 0.400. The first-order chi connectivity index (χ1) is 10.6. The molecule has 2 aromatic heterocycles. The van der Waals surface area contributed by atoms with Crippen LogP contribution in [-0.4, -0.2) is 39.5 Å². The molecule has 116 valence electrons. The highest BCUT2D eigenvalue weighted by Crippen LogP contribution is 2.32. The van der Waals surface area contributed by atoms with Gasteiger partial charge in [-0.3, -0.25) is 4.79 Å². The molecule has 0 bridgehead atoms. The van der Waals surface area contributed by atoms with Crippen LogP contribution >= 0.6 is 22.7 Å². The monoisotopic (exact) mass is 336 g/mol. The Kier molecular flexibility index (Phi) is 4.26. The van der Waals surface area contributed by atoms with Crippen molar-refractivity contribution in [2.45, 2.75) is 32.2 Å². The van der Waals surface area contributed by atoms with Gasteiger partial charge in [-0.2, -0.15) is 0 Å². The molecule has 1 saturated heterocycles. The molecule has 3 heterocycles. The number of rotatable bonds is 3. The van der Waals surface area contributed by atoms with Crippen LogP contribution in [-0.2, 0) is 4.79 Å². The number of amides is 1. The van der Waals surface area contributed by atoms with Crippen molar-refractivity contribution in [1.29, 1.82) is 0 Å². The third kappa shape index (κ3) is 2.78. The Bertz CT molecular complexity index is 694. The van der Waals surface area contributed by atoms with Gasteiger partial charge in [0.05, 0.1) is 10.6 Å². The van der Waals surface area contributed by atoms with Crippen LogP contribution in [0.15, 0.2) is 17.5 Å². The van der Waals surface area contributed by atoms with Crippen LogP contribution < -0.4 is 0 Å². The Hall–Kier alpha value is -1.73. The third-order valence-corrected chi connectivity index (χ3v) is 5.96. The topological polar surface area (TPSA) is 70.5 Å². The number of piperidine rings is 1. The molecule has 0 aliphatic carbocycles. The lowest BCUT2D eigenvalue weighted by molar-refractivity contribution is -0.143. The number of carboxylic acid groups (broad SMARTS) is 1. The van der Waals surface area contributed by atoms with Crippen molar-refractivity contribution in [1.82, 2.24) is 9.88 Å². The van der Waals surface area contributed by atoms with Crippen LogP contribution in [0.2, 0.25) is 0 Å². The van der Waals surface area contributed by atoms with Crippen molar-refractivity contribution < 1.29 is 14.7 Å². The van der Waals surface area contributed by atoms with E-state index >= 15 is 0 Å². The van der Waals surface area contributed by atoms with Gasteiger partial charge in [0.25, 0.3) is 5.91 Å². The summed E-state index contributed by atoms with van der Waals surface area (Å²) in [6.07, 6.45) is 2.23. The highest BCUT2D eigenvalue weighted by atomic mass is 32.1. The maximum atomic E-state index is 12.8. The number of carbonyl (C=O) groups is 2. The summed E-state index contributed by atoms with van der Waals surface area (Å²) < 4.78 is 0. The Morgan fingerprint density at radius 2 is 2.23 bits per heavy atom. The van der Waals surface area contributed by atoms with Gasteiger partial charge in [0, 0.05) is 6.54 Å². The summed E-state index contributed by atoms with van der Waals surface area (Å²) in [5.41, 5.74) is 0.674. The van der Waals surface area contributed by atoms with Gasteiger partial charge in [-0.25, -0.2) is 9.78 Å². The first-order valence-electron chi connectivity index (χ1n) is 7.13. The minimum atomic E-state index is -0.923. The number of aliphatic carboxylic acids is 1. The minimum absolute atomic E-state index is 0.204. The standard InChI is InChI=1S/C15H16N2O3S2/c1-9-12(22-13(16-9)11-6-4-8-21-11)14(18)17-7-3-2-5-10(17)15(19)20/h4,6,8,10H,2-3,5,7H2,1H3,(H,19,20). The van der Waals surface area contributed by atoms with E-state index in [0.717, 1.165) is 22.7 Å². The number of carbonyl (C=O) groups excluding carboxylic acids is 1. The van der Waals surface area contributed by atoms with Gasteiger partial charge < -0.3 is 10.0 Å². The first-order valence-corrected chi connectivity index (χ1v) is 8.82. The Balaban J connectivity index is 1.90. The van der Waals surface area contributed by atoms with Crippen LogP contribution in [0.4, 0.5) is 0 Å². The summed E-state index contributed by atoms with van der Waals surface area (Å²) in [7, 11) is 0. The average Bonchev–Trinajstić information content (AvgIpc) is 3.15. The van der Waals surface area contributed by atoms with Gasteiger partial charge >= 0.3 is 5.97 Å². The number of hydrogen-bond donors (Lipinski definition) is 1. The van der Waals surface area contributed by atoms with Gasteiger partial charge in [-0.05, 0) is 37.6 Å². The number of hydrogen-bond acceptors (Lipinski definition) is 5. The van der Waals surface area contributed by atoms with Gasteiger partial charge in [-0.1, -0.05) is 6.07 Å². The van der Waals surface area contributed by atoms with Gasteiger partial charge in [0.2, 0.25) is 0 Å². The predicted octanol–water partition coefficient (Wildman–Crippen LogP) is 3.26. The van der Waals surface area contributed by atoms with E-state index in [-0.39, 0.29) is 5.91 Å². The molecule has 0 radical (unpaired) electrons. The van der Waals surface area contributed by atoms with E-state index in [2.05, 4.69) is 4.98 Å². The van der Waals surface area contributed by atoms with E-state index in [1.165, 1.54) is 16.2 Å². The Labute approximate surface area is 136 Å². The molecule has 1 aliphatic heterocycles. The molecule has 1 fully saturated rings. The summed E-state index contributed by atoms with van der Waals surface area (Å²) in [5.74, 6) is -1.13. The van der Waals surface area contributed by atoms with Gasteiger partial charge in [0.1, 0.15) is 15.9 Å². The smallest absolute Gasteiger partial charge is 0.326 e. The third-order valence-electron chi connectivity index (χ3n) is 3.77. The van der Waals surface area contributed by atoms with E-state index in [1.54, 1.807) is 18.3 Å². The van der Waals surface area contributed by atoms with Gasteiger partial charge in [-0.15, -0.1) is 22.7 Å². The minimum Gasteiger partial charge on any atom is -0.480 e. The number of likely N-dealkylation sites (tertiary alicyclic amines) is 1. The molecule has 2 aromatic rings. The lowest BCUT2D eigenvalue weighted by atomic mass is 10.0. The maximum Gasteiger partial charge on any atom is 0.326 e. The normalized spacial score (nSPS) is 18.4. The van der Waals surface area contributed by atoms with Crippen molar-refractivity contribution in [3.63, 3.8) is 0 Å². The quantitative estimate of drug-likeness (QED) is 0.934. The molecule has 1 unspecified atom stereocenters. The molecule has 1 aliphatic rings. The molecule has 22 heavy (non-hydrogen) atoms. The van der Waals surface area contributed by atoms with E-state index in [0.29, 0.717) is 23.5 Å². The SMILES string of the molecule is Cc1nc(-c2cccs2)sc1C(=O)N1CCCCC1C(=O)O. The lowest BCUT2D eigenvalue weighted by Gasteiger charge is -2.32. The number of aromatic nitrogens is 1. The summed E-state index contributed by atoms with van der Waals surface area (Å²) in [5, 5.41) is 12.1. The molecule has 0 aromatic carbocycles. The number of carboxylic acids is 1. The number of aryl methyl sites for hydroxylation is 1. The summed E-state index contributed by atoms with van der Waals surface area (Å²) >= 11 is 2.93. The zero-order chi connectivity index (χ0) is 15.7. The summed E-state index contributed by atoms with van der Waals surface area (Å²) in [6.45, 7) is 2.31. The first kappa shape index (κ1) is 15.2. The van der Waals surface area contributed by atoms with E-state index < -0.39 is 12.0 Å². The van der Waals surface area contributed by atoms with Crippen LogP contribution in [0.1, 0.15) is 34.6 Å². The zero-order valence-corrected chi connectivity index (χ0v) is 13.7. The van der Waals surface area contributed by atoms with Crippen molar-refractivity contribution in [3.8, 4) is 9.88 Å². The fourth-order valence-corrected chi connectivity index (χ4v) is 4.48. The van der Waals surface area contributed by atoms with E-state index in [4.69, 9.17) is 0 Å². The molecule has 1 amide bonds. The Morgan fingerprint density at radius 1 is 1.41 bits per heavy atom. The second kappa shape index (κ2) is 6.18. The van der Waals surface area contributed by atoms with Crippen LogP contribution in [0.25, 0.3) is 9.88 Å². The molecule has 1 atom stereocenters. The molecular weight excluding hydrogens is 320 g/mol. The molecule has 3 rings (SSSR count). The Morgan fingerprint density at radius 3 is 2.91 bits per heavy atom. The molecule has 0 saturated carbocycles. The zero-order valence-electron chi connectivity index (χ0n) is 12.1. The summed E-state index contributed by atoms with van der Waals surface area (Å²) in [4.78, 5) is 31.7. The van der Waals surface area contributed by atoms with Crippen molar-refractivity contribution >= 4 is 34.6 Å². The number of nitrogens with zero attached hydrogens (tertiary/aromatic N) is 2. The molecule has 1 N–H and O–H groups in total. The lowest BCUT2D eigenvalue weighted by Crippen LogP contribution is -2.47. The molecular formula is C15H16N2O3S2. The van der Waals surface area contributed by atoms with Crippen LogP contribution in [0.5, 0.6) is 0 Å². The van der Waals surface area contributed by atoms with Gasteiger partial charge in [0.15, 0.2) is 0 Å².